The van der Waals surface area contributed by atoms with Crippen molar-refractivity contribution in [2.75, 3.05) is 0 Å². The van der Waals surface area contributed by atoms with Crippen molar-refractivity contribution in [3.05, 3.63) is 65.6 Å². The number of nitrogens with zero attached hydrogens (tertiary/aromatic N) is 1. The van der Waals surface area contributed by atoms with Crippen molar-refractivity contribution < 1.29 is 14.4 Å². The molecule has 1 aromatic heterocycles. The smallest absolute Gasteiger partial charge is 0.423 e. The molecule has 0 saturated heterocycles. The predicted molar refractivity (Wildman–Crippen MR) is 95.9 cm³/mol. The van der Waals surface area contributed by atoms with E-state index in [1.165, 1.54) is 6.07 Å². The van der Waals surface area contributed by atoms with Crippen molar-refractivity contribution >= 4 is 23.5 Å². The van der Waals surface area contributed by atoms with E-state index >= 15 is 0 Å². The Bertz CT molecular complexity index is 827. The summed E-state index contributed by atoms with van der Waals surface area (Å²) < 4.78 is 15.8. The van der Waals surface area contributed by atoms with Crippen molar-refractivity contribution in [1.82, 2.24) is 4.57 Å². The zero-order valence-electron chi connectivity index (χ0n) is 13.7. The summed E-state index contributed by atoms with van der Waals surface area (Å²) in [5.41, 5.74) is 3.76. The third kappa shape index (κ3) is 3.52. The van der Waals surface area contributed by atoms with E-state index in [0.29, 0.717) is 5.46 Å². The third-order valence-electron chi connectivity index (χ3n) is 4.35. The molecule has 0 amide bonds. The molecule has 0 bridgehead atoms. The fourth-order valence-corrected chi connectivity index (χ4v) is 3.04. The van der Waals surface area contributed by atoms with Crippen LogP contribution in [0.4, 0.5) is 4.39 Å². The highest BCUT2D eigenvalue weighted by molar-refractivity contribution is 6.58. The summed E-state index contributed by atoms with van der Waals surface area (Å²) >= 11 is 0. The quantitative estimate of drug-likeness (QED) is 0.685. The first-order chi connectivity index (χ1) is 11.6. The summed E-state index contributed by atoms with van der Waals surface area (Å²) in [6.45, 7) is 3.07. The van der Waals surface area contributed by atoms with Crippen LogP contribution in [-0.4, -0.2) is 21.7 Å². The van der Waals surface area contributed by atoms with Crippen LogP contribution in [0, 0.1) is 5.82 Å². The van der Waals surface area contributed by atoms with Gasteiger partial charge in [0.15, 0.2) is 0 Å². The third-order valence-corrected chi connectivity index (χ3v) is 4.35. The van der Waals surface area contributed by atoms with Crippen LogP contribution in [0.5, 0.6) is 0 Å². The zero-order chi connectivity index (χ0) is 17.1. The summed E-state index contributed by atoms with van der Waals surface area (Å²) in [7, 11) is -1.45. The summed E-state index contributed by atoms with van der Waals surface area (Å²) in [5.74, 6) is -0.219. The van der Waals surface area contributed by atoms with Crippen LogP contribution in [-0.2, 0) is 13.0 Å². The van der Waals surface area contributed by atoms with Gasteiger partial charge in [0.05, 0.1) is 0 Å². The lowest BCUT2D eigenvalue weighted by molar-refractivity contribution is 0.426. The molecular formula is C19H21BFNO2. The van der Waals surface area contributed by atoms with Crippen LogP contribution in [0.1, 0.15) is 31.0 Å². The van der Waals surface area contributed by atoms with Gasteiger partial charge in [0.1, 0.15) is 5.82 Å². The van der Waals surface area contributed by atoms with Gasteiger partial charge in [-0.25, -0.2) is 4.39 Å². The molecule has 3 aromatic rings. The number of benzene rings is 2. The lowest BCUT2D eigenvalue weighted by Gasteiger charge is -2.11. The lowest BCUT2D eigenvalue weighted by atomic mass is 9.80. The van der Waals surface area contributed by atoms with E-state index in [1.807, 2.05) is 24.3 Å². The van der Waals surface area contributed by atoms with Crippen LogP contribution in [0.2, 0.25) is 0 Å². The lowest BCUT2D eigenvalue weighted by Crippen LogP contribution is -2.29. The minimum absolute atomic E-state index is 0.219. The topological polar surface area (TPSA) is 45.4 Å². The largest absolute Gasteiger partial charge is 0.488 e. The van der Waals surface area contributed by atoms with E-state index in [-0.39, 0.29) is 5.82 Å². The number of hydrogen-bond acceptors (Lipinski definition) is 2. The maximum absolute atomic E-state index is 13.5. The Hall–Kier alpha value is -2.11. The molecule has 0 saturated carbocycles. The molecule has 0 unspecified atom stereocenters. The van der Waals surface area contributed by atoms with E-state index in [2.05, 4.69) is 11.5 Å². The molecule has 2 aromatic carbocycles. The van der Waals surface area contributed by atoms with Crippen molar-refractivity contribution in [2.24, 2.45) is 0 Å². The monoisotopic (exact) mass is 325 g/mol. The molecule has 0 aliphatic heterocycles. The highest BCUT2D eigenvalue weighted by atomic mass is 19.1. The number of aromatic nitrogens is 1. The van der Waals surface area contributed by atoms with Gasteiger partial charge in [0.2, 0.25) is 0 Å². The van der Waals surface area contributed by atoms with E-state index in [1.54, 1.807) is 18.2 Å². The fraction of sp³-hybridized carbons (Fsp3) is 0.263. The number of rotatable bonds is 6. The van der Waals surface area contributed by atoms with Crippen LogP contribution in [0.15, 0.2) is 48.5 Å². The van der Waals surface area contributed by atoms with Gasteiger partial charge >= 0.3 is 7.12 Å². The van der Waals surface area contributed by atoms with Crippen molar-refractivity contribution in [3.8, 4) is 0 Å². The molecule has 0 aliphatic rings. The van der Waals surface area contributed by atoms with E-state index < -0.39 is 7.12 Å². The average Bonchev–Trinajstić information content (AvgIpc) is 2.89. The molecule has 0 aliphatic carbocycles. The van der Waals surface area contributed by atoms with Crippen LogP contribution < -0.4 is 5.46 Å². The van der Waals surface area contributed by atoms with Gasteiger partial charge in [-0.1, -0.05) is 37.6 Å². The van der Waals surface area contributed by atoms with Gasteiger partial charge in [-0.05, 0) is 41.7 Å². The second-order valence-corrected chi connectivity index (χ2v) is 6.14. The molecule has 0 fully saturated rings. The Kier molecular flexibility index (Phi) is 5.02. The number of aryl methyl sites for hydroxylation is 1. The van der Waals surface area contributed by atoms with E-state index in [4.69, 9.17) is 0 Å². The van der Waals surface area contributed by atoms with Crippen molar-refractivity contribution in [1.29, 1.82) is 0 Å². The Morgan fingerprint density at radius 2 is 1.79 bits per heavy atom. The molecule has 0 radical (unpaired) electrons. The first-order valence-corrected chi connectivity index (χ1v) is 8.31. The van der Waals surface area contributed by atoms with Gasteiger partial charge in [0.25, 0.3) is 0 Å². The predicted octanol–water partition coefficient (Wildman–Crippen LogP) is 2.85. The van der Waals surface area contributed by atoms with Gasteiger partial charge < -0.3 is 14.6 Å². The summed E-state index contributed by atoms with van der Waals surface area (Å²) in [6, 6.07) is 14.2. The molecule has 1 heterocycles. The first-order valence-electron chi connectivity index (χ1n) is 8.31. The molecule has 0 atom stereocenters. The molecular weight excluding hydrogens is 304 g/mol. The molecule has 0 spiro atoms. The van der Waals surface area contributed by atoms with Gasteiger partial charge in [-0.15, -0.1) is 0 Å². The van der Waals surface area contributed by atoms with Gasteiger partial charge in [-0.3, -0.25) is 0 Å². The average molecular weight is 325 g/mol. The van der Waals surface area contributed by atoms with E-state index in [9.17, 15) is 14.4 Å². The number of unbranched alkanes of at least 4 members (excludes halogenated alkanes) is 1. The second kappa shape index (κ2) is 7.20. The maximum Gasteiger partial charge on any atom is 0.488 e. The van der Waals surface area contributed by atoms with Crippen LogP contribution >= 0.6 is 0 Å². The summed E-state index contributed by atoms with van der Waals surface area (Å²) in [5, 5.41) is 19.3. The maximum atomic E-state index is 13.5. The Morgan fingerprint density at radius 3 is 2.46 bits per heavy atom. The number of fused-ring (bicyclic) bond motifs is 1. The summed E-state index contributed by atoms with van der Waals surface area (Å²) in [6.07, 6.45) is 2.90. The Balaban J connectivity index is 1.94. The number of hydrogen-bond donors (Lipinski definition) is 2. The first kappa shape index (κ1) is 16.7. The Morgan fingerprint density at radius 1 is 1.04 bits per heavy atom. The van der Waals surface area contributed by atoms with Gasteiger partial charge in [0, 0.05) is 29.6 Å². The molecule has 2 N–H and O–H groups in total. The molecule has 24 heavy (non-hydrogen) atoms. The minimum Gasteiger partial charge on any atom is -0.423 e. The Labute approximate surface area is 141 Å². The minimum atomic E-state index is -1.45. The van der Waals surface area contributed by atoms with Gasteiger partial charge in [-0.2, -0.15) is 0 Å². The van der Waals surface area contributed by atoms with E-state index in [0.717, 1.165) is 48.0 Å². The normalized spacial score (nSPS) is 11.2. The fourth-order valence-electron chi connectivity index (χ4n) is 3.04. The van der Waals surface area contributed by atoms with Crippen LogP contribution in [0.3, 0.4) is 0 Å². The SMILES string of the molecule is CCCCn1c(Cc2ccc(B(O)O)cc2)cc2cc(F)ccc21. The van der Waals surface area contributed by atoms with Crippen LogP contribution in [0.25, 0.3) is 10.9 Å². The van der Waals surface area contributed by atoms with Crippen molar-refractivity contribution in [3.63, 3.8) is 0 Å². The molecule has 124 valence electrons. The van der Waals surface area contributed by atoms with Crippen molar-refractivity contribution in [2.45, 2.75) is 32.7 Å². The standard InChI is InChI=1S/C19H21BFNO2/c1-2-3-10-22-18(13-15-12-17(21)8-9-19(15)22)11-14-4-6-16(7-5-14)20(23)24/h4-9,12-13,23-24H,2-3,10-11H2,1H3. The highest BCUT2D eigenvalue weighted by Gasteiger charge is 2.12. The molecule has 3 nitrogen and oxygen atoms in total. The second-order valence-electron chi connectivity index (χ2n) is 6.14. The number of halogens is 1. The zero-order valence-corrected chi connectivity index (χ0v) is 13.7. The highest BCUT2D eigenvalue weighted by Crippen LogP contribution is 2.23. The molecule has 5 heteroatoms. The summed E-state index contributed by atoms with van der Waals surface area (Å²) in [4.78, 5) is 0. The molecule has 3 rings (SSSR count).